The summed E-state index contributed by atoms with van der Waals surface area (Å²) in [5.41, 5.74) is 1.38. The molecule has 0 aromatic heterocycles. The van der Waals surface area contributed by atoms with Crippen LogP contribution in [0.2, 0.25) is 0 Å². The zero-order valence-electron chi connectivity index (χ0n) is 15.3. The largest absolute Gasteiger partial charge is 0.494 e. The number of benzene rings is 2. The van der Waals surface area contributed by atoms with Crippen molar-refractivity contribution >= 4 is 29.2 Å². The molecular formula is C20H22N2O5. The Morgan fingerprint density at radius 3 is 2.26 bits per heavy atom. The van der Waals surface area contributed by atoms with Gasteiger partial charge in [0.15, 0.2) is 6.61 Å². The molecule has 0 spiro atoms. The van der Waals surface area contributed by atoms with Gasteiger partial charge in [-0.2, -0.15) is 0 Å². The molecule has 0 saturated heterocycles. The second-order valence-electron chi connectivity index (χ2n) is 5.76. The third kappa shape index (κ3) is 6.81. The van der Waals surface area contributed by atoms with E-state index < -0.39 is 18.5 Å². The number of hydrogen-bond acceptors (Lipinski definition) is 5. The van der Waals surface area contributed by atoms with Crippen LogP contribution in [-0.4, -0.2) is 31.0 Å². The number of ether oxygens (including phenoxy) is 2. The van der Waals surface area contributed by atoms with Crippen molar-refractivity contribution in [3.63, 3.8) is 0 Å². The summed E-state index contributed by atoms with van der Waals surface area (Å²) in [5.74, 6) is -0.617. The van der Waals surface area contributed by atoms with Crippen molar-refractivity contribution in [3.8, 4) is 5.75 Å². The van der Waals surface area contributed by atoms with Gasteiger partial charge in [0, 0.05) is 18.3 Å². The van der Waals surface area contributed by atoms with Crippen LogP contribution in [0.1, 0.15) is 30.6 Å². The smallest absolute Gasteiger partial charge is 0.338 e. The van der Waals surface area contributed by atoms with Crippen molar-refractivity contribution in [2.75, 3.05) is 23.8 Å². The Labute approximate surface area is 157 Å². The number of carbonyl (C=O) groups is 3. The minimum atomic E-state index is -0.598. The molecule has 0 aliphatic heterocycles. The van der Waals surface area contributed by atoms with Crippen LogP contribution in [0.25, 0.3) is 0 Å². The molecule has 0 heterocycles. The van der Waals surface area contributed by atoms with Crippen molar-refractivity contribution < 1.29 is 23.9 Å². The van der Waals surface area contributed by atoms with Crippen LogP contribution in [0.3, 0.4) is 0 Å². The van der Waals surface area contributed by atoms with Crippen LogP contribution < -0.4 is 15.4 Å². The highest BCUT2D eigenvalue weighted by Crippen LogP contribution is 2.15. The Kier molecular flexibility index (Phi) is 7.37. The quantitative estimate of drug-likeness (QED) is 0.696. The molecule has 27 heavy (non-hydrogen) atoms. The maximum atomic E-state index is 12.0. The molecule has 2 N–H and O–H groups in total. The summed E-state index contributed by atoms with van der Waals surface area (Å²) in [5, 5.41) is 5.23. The van der Waals surface area contributed by atoms with Crippen molar-refractivity contribution in [3.05, 3.63) is 54.1 Å². The number of rotatable bonds is 8. The number of amides is 2. The fourth-order valence-electron chi connectivity index (χ4n) is 2.20. The van der Waals surface area contributed by atoms with E-state index in [2.05, 4.69) is 10.6 Å². The van der Waals surface area contributed by atoms with Gasteiger partial charge < -0.3 is 20.1 Å². The van der Waals surface area contributed by atoms with Crippen LogP contribution >= 0.6 is 0 Å². The maximum absolute atomic E-state index is 12.0. The van der Waals surface area contributed by atoms with Gasteiger partial charge in [0.1, 0.15) is 5.75 Å². The molecule has 0 atom stereocenters. The van der Waals surface area contributed by atoms with Gasteiger partial charge in [-0.05, 0) is 48.9 Å². The van der Waals surface area contributed by atoms with E-state index in [4.69, 9.17) is 9.47 Å². The Morgan fingerprint density at radius 2 is 1.63 bits per heavy atom. The minimum Gasteiger partial charge on any atom is -0.494 e. The lowest BCUT2D eigenvalue weighted by atomic mass is 10.2. The van der Waals surface area contributed by atoms with E-state index in [1.165, 1.54) is 6.92 Å². The third-order valence-corrected chi connectivity index (χ3v) is 3.36. The Balaban J connectivity index is 1.84. The van der Waals surface area contributed by atoms with Gasteiger partial charge in [-0.25, -0.2) is 4.79 Å². The molecule has 2 aromatic rings. The summed E-state index contributed by atoms with van der Waals surface area (Å²) in [7, 11) is 0. The molecule has 0 bridgehead atoms. The van der Waals surface area contributed by atoms with E-state index in [9.17, 15) is 14.4 Å². The molecule has 0 fully saturated rings. The lowest BCUT2D eigenvalue weighted by Crippen LogP contribution is -2.21. The lowest BCUT2D eigenvalue weighted by Gasteiger charge is -2.09. The van der Waals surface area contributed by atoms with Crippen molar-refractivity contribution in [1.82, 2.24) is 0 Å². The second-order valence-corrected chi connectivity index (χ2v) is 5.76. The summed E-state index contributed by atoms with van der Waals surface area (Å²) >= 11 is 0. The number of nitrogens with one attached hydrogen (secondary N) is 2. The normalized spacial score (nSPS) is 10.0. The molecule has 2 rings (SSSR count). The first-order chi connectivity index (χ1) is 13.0. The lowest BCUT2D eigenvalue weighted by molar-refractivity contribution is -0.119. The van der Waals surface area contributed by atoms with Crippen LogP contribution in [0.5, 0.6) is 5.75 Å². The van der Waals surface area contributed by atoms with E-state index in [1.807, 2.05) is 6.92 Å². The SMILES string of the molecule is CCCOc1ccc(C(=O)OCC(=O)Nc2cccc(NC(C)=O)c2)cc1. The second kappa shape index (κ2) is 9.96. The topological polar surface area (TPSA) is 93.7 Å². The van der Waals surface area contributed by atoms with Crippen LogP contribution in [0, 0.1) is 0 Å². The number of hydrogen-bond donors (Lipinski definition) is 2. The van der Waals surface area contributed by atoms with E-state index in [0.717, 1.165) is 6.42 Å². The number of carbonyl (C=O) groups excluding carboxylic acids is 3. The zero-order chi connectivity index (χ0) is 19.6. The molecule has 0 radical (unpaired) electrons. The summed E-state index contributed by atoms with van der Waals surface area (Å²) in [6.45, 7) is 3.59. The molecule has 2 aromatic carbocycles. The van der Waals surface area contributed by atoms with E-state index in [-0.39, 0.29) is 5.91 Å². The standard InChI is InChI=1S/C20H22N2O5/c1-3-11-26-18-9-7-15(8-10-18)20(25)27-13-19(24)22-17-6-4-5-16(12-17)21-14(2)23/h4-10,12H,3,11,13H2,1-2H3,(H,21,23)(H,22,24). The molecule has 0 aliphatic rings. The molecule has 2 amide bonds. The fraction of sp³-hybridized carbons (Fsp3) is 0.250. The van der Waals surface area contributed by atoms with Crippen LogP contribution in [0.15, 0.2) is 48.5 Å². The average molecular weight is 370 g/mol. The van der Waals surface area contributed by atoms with Crippen molar-refractivity contribution in [2.24, 2.45) is 0 Å². The first-order valence-electron chi connectivity index (χ1n) is 8.55. The first kappa shape index (κ1) is 20.0. The summed E-state index contributed by atoms with van der Waals surface area (Å²) in [4.78, 5) is 35.0. The van der Waals surface area contributed by atoms with Crippen molar-refractivity contribution in [1.29, 1.82) is 0 Å². The zero-order valence-corrected chi connectivity index (χ0v) is 15.3. The highest BCUT2D eigenvalue weighted by atomic mass is 16.5. The van der Waals surface area contributed by atoms with Gasteiger partial charge in [0.2, 0.25) is 5.91 Å². The molecular weight excluding hydrogens is 348 g/mol. The molecule has 0 unspecified atom stereocenters. The van der Waals surface area contributed by atoms with E-state index in [0.29, 0.717) is 29.3 Å². The maximum Gasteiger partial charge on any atom is 0.338 e. The number of anilines is 2. The third-order valence-electron chi connectivity index (χ3n) is 3.36. The monoisotopic (exact) mass is 370 g/mol. The fourth-order valence-corrected chi connectivity index (χ4v) is 2.20. The Morgan fingerprint density at radius 1 is 0.963 bits per heavy atom. The van der Waals surface area contributed by atoms with E-state index in [1.54, 1.807) is 48.5 Å². The highest BCUT2D eigenvalue weighted by Gasteiger charge is 2.11. The predicted octanol–water partition coefficient (Wildman–Crippen LogP) is 3.23. The Bertz CT molecular complexity index is 802. The van der Waals surface area contributed by atoms with Gasteiger partial charge in [-0.1, -0.05) is 13.0 Å². The van der Waals surface area contributed by atoms with Gasteiger partial charge >= 0.3 is 5.97 Å². The highest BCUT2D eigenvalue weighted by molar-refractivity contribution is 5.96. The van der Waals surface area contributed by atoms with Gasteiger partial charge in [-0.3, -0.25) is 9.59 Å². The number of esters is 1. The van der Waals surface area contributed by atoms with E-state index >= 15 is 0 Å². The Hall–Kier alpha value is -3.35. The predicted molar refractivity (Wildman–Crippen MR) is 102 cm³/mol. The molecule has 7 nitrogen and oxygen atoms in total. The molecule has 0 saturated carbocycles. The first-order valence-corrected chi connectivity index (χ1v) is 8.55. The molecule has 7 heteroatoms. The summed E-state index contributed by atoms with van der Waals surface area (Å²) in [6, 6.07) is 13.2. The molecule has 142 valence electrons. The summed E-state index contributed by atoms with van der Waals surface area (Å²) < 4.78 is 10.5. The van der Waals surface area contributed by atoms with Crippen molar-refractivity contribution in [2.45, 2.75) is 20.3 Å². The average Bonchev–Trinajstić information content (AvgIpc) is 2.64. The van der Waals surface area contributed by atoms with Gasteiger partial charge in [-0.15, -0.1) is 0 Å². The van der Waals surface area contributed by atoms with Crippen LogP contribution in [0.4, 0.5) is 11.4 Å². The summed E-state index contributed by atoms with van der Waals surface area (Å²) in [6.07, 6.45) is 0.895. The van der Waals surface area contributed by atoms with Gasteiger partial charge in [0.05, 0.1) is 12.2 Å². The van der Waals surface area contributed by atoms with Crippen LogP contribution in [-0.2, 0) is 14.3 Å². The molecule has 0 aliphatic carbocycles. The van der Waals surface area contributed by atoms with Gasteiger partial charge in [0.25, 0.3) is 5.91 Å². The minimum absolute atomic E-state index is 0.210.